The van der Waals surface area contributed by atoms with Crippen LogP contribution in [0.4, 0.5) is 0 Å². The molecule has 5 heteroatoms. The van der Waals surface area contributed by atoms with Gasteiger partial charge < -0.3 is 15.4 Å². The number of hydrogen-bond donors (Lipinski definition) is 2. The van der Waals surface area contributed by atoms with E-state index in [0.29, 0.717) is 12.3 Å². The van der Waals surface area contributed by atoms with Crippen LogP contribution in [0.1, 0.15) is 19.4 Å². The van der Waals surface area contributed by atoms with Crippen LogP contribution < -0.4 is 15.4 Å². The fraction of sp³-hybridized carbons (Fsp3) is 0.429. The monoisotopic (exact) mass is 261 g/mol. The summed E-state index contributed by atoms with van der Waals surface area (Å²) < 4.78 is 5.21. The van der Waals surface area contributed by atoms with Crippen LogP contribution >= 0.6 is 0 Å². The quantitative estimate of drug-likeness (QED) is 0.773. The molecular weight excluding hydrogens is 242 g/mol. The SMILES string of the molecule is CC(C)NC(=O)CNCc1cccc(OCC#N)c1. The molecule has 1 amide bonds. The average Bonchev–Trinajstić information content (AvgIpc) is 2.36. The number of nitriles is 1. The van der Waals surface area contributed by atoms with Crippen LogP contribution in [-0.2, 0) is 11.3 Å². The van der Waals surface area contributed by atoms with E-state index in [1.165, 1.54) is 0 Å². The molecule has 2 N–H and O–H groups in total. The molecule has 0 aliphatic carbocycles. The molecule has 1 aromatic rings. The van der Waals surface area contributed by atoms with Crippen LogP contribution in [0.2, 0.25) is 0 Å². The first-order valence-corrected chi connectivity index (χ1v) is 6.20. The molecule has 0 unspecified atom stereocenters. The minimum Gasteiger partial charge on any atom is -0.479 e. The van der Waals surface area contributed by atoms with Gasteiger partial charge in [0.15, 0.2) is 6.61 Å². The van der Waals surface area contributed by atoms with Gasteiger partial charge in [0.1, 0.15) is 11.8 Å². The van der Waals surface area contributed by atoms with E-state index < -0.39 is 0 Å². The minimum absolute atomic E-state index is 0.0214. The molecule has 102 valence electrons. The number of hydrogen-bond acceptors (Lipinski definition) is 4. The van der Waals surface area contributed by atoms with Gasteiger partial charge in [-0.05, 0) is 31.5 Å². The van der Waals surface area contributed by atoms with Crippen molar-refractivity contribution in [1.82, 2.24) is 10.6 Å². The van der Waals surface area contributed by atoms with Crippen molar-refractivity contribution >= 4 is 5.91 Å². The molecule has 0 fully saturated rings. The number of nitrogens with one attached hydrogen (secondary N) is 2. The number of benzene rings is 1. The lowest BCUT2D eigenvalue weighted by Crippen LogP contribution is -2.37. The zero-order chi connectivity index (χ0) is 14.1. The Morgan fingerprint density at radius 2 is 2.26 bits per heavy atom. The summed E-state index contributed by atoms with van der Waals surface area (Å²) in [5.41, 5.74) is 1.01. The molecule has 0 atom stereocenters. The number of carbonyl (C=O) groups excluding carboxylic acids is 1. The number of ether oxygens (including phenoxy) is 1. The molecule has 19 heavy (non-hydrogen) atoms. The van der Waals surface area contributed by atoms with Crippen molar-refractivity contribution in [2.45, 2.75) is 26.4 Å². The fourth-order valence-electron chi connectivity index (χ4n) is 1.55. The normalized spacial score (nSPS) is 10.0. The summed E-state index contributed by atoms with van der Waals surface area (Å²) in [5, 5.41) is 14.3. The summed E-state index contributed by atoms with van der Waals surface area (Å²) in [6.07, 6.45) is 0. The van der Waals surface area contributed by atoms with E-state index in [9.17, 15) is 4.79 Å². The molecule has 0 aromatic heterocycles. The predicted molar refractivity (Wildman–Crippen MR) is 72.5 cm³/mol. The molecule has 0 aliphatic rings. The smallest absolute Gasteiger partial charge is 0.234 e. The van der Waals surface area contributed by atoms with Gasteiger partial charge in [-0.15, -0.1) is 0 Å². The van der Waals surface area contributed by atoms with Gasteiger partial charge in [0.25, 0.3) is 0 Å². The highest BCUT2D eigenvalue weighted by molar-refractivity contribution is 5.78. The van der Waals surface area contributed by atoms with Crippen LogP contribution in [0.25, 0.3) is 0 Å². The van der Waals surface area contributed by atoms with E-state index in [-0.39, 0.29) is 25.1 Å². The maximum absolute atomic E-state index is 11.4. The van der Waals surface area contributed by atoms with E-state index in [0.717, 1.165) is 5.56 Å². The van der Waals surface area contributed by atoms with Crippen molar-refractivity contribution in [1.29, 1.82) is 5.26 Å². The minimum atomic E-state index is -0.0214. The van der Waals surface area contributed by atoms with Gasteiger partial charge in [-0.25, -0.2) is 0 Å². The van der Waals surface area contributed by atoms with Gasteiger partial charge in [0.2, 0.25) is 5.91 Å². The molecule has 0 saturated carbocycles. The number of nitrogens with zero attached hydrogens (tertiary/aromatic N) is 1. The van der Waals surface area contributed by atoms with Gasteiger partial charge >= 0.3 is 0 Å². The number of rotatable bonds is 7. The van der Waals surface area contributed by atoms with Gasteiger partial charge in [-0.2, -0.15) is 5.26 Å². The molecule has 0 bridgehead atoms. The Kier molecular flexibility index (Phi) is 6.41. The second kappa shape index (κ2) is 8.11. The second-order valence-electron chi connectivity index (χ2n) is 4.42. The maximum Gasteiger partial charge on any atom is 0.234 e. The Balaban J connectivity index is 2.37. The molecule has 1 aromatic carbocycles. The van der Waals surface area contributed by atoms with Crippen molar-refractivity contribution in [3.05, 3.63) is 29.8 Å². The summed E-state index contributed by atoms with van der Waals surface area (Å²) in [6, 6.07) is 9.52. The third-order valence-corrected chi connectivity index (χ3v) is 2.27. The lowest BCUT2D eigenvalue weighted by Gasteiger charge is -2.09. The molecule has 0 saturated heterocycles. The molecule has 0 radical (unpaired) electrons. The Labute approximate surface area is 113 Å². The van der Waals surface area contributed by atoms with Gasteiger partial charge in [-0.3, -0.25) is 4.79 Å². The van der Waals surface area contributed by atoms with Crippen molar-refractivity contribution < 1.29 is 9.53 Å². The molecule has 0 spiro atoms. The topological polar surface area (TPSA) is 74.2 Å². The Hall–Kier alpha value is -2.06. The van der Waals surface area contributed by atoms with E-state index in [1.807, 2.05) is 38.1 Å². The van der Waals surface area contributed by atoms with Crippen LogP contribution in [0.5, 0.6) is 5.75 Å². The van der Waals surface area contributed by atoms with Crippen LogP contribution in [0, 0.1) is 11.3 Å². The Morgan fingerprint density at radius 3 is 2.95 bits per heavy atom. The van der Waals surface area contributed by atoms with E-state index >= 15 is 0 Å². The predicted octanol–water partition coefficient (Wildman–Crippen LogP) is 1.20. The first kappa shape index (κ1) is 15.0. The Morgan fingerprint density at radius 1 is 1.47 bits per heavy atom. The summed E-state index contributed by atoms with van der Waals surface area (Å²) in [7, 11) is 0. The number of carbonyl (C=O) groups is 1. The third kappa shape index (κ3) is 6.43. The van der Waals surface area contributed by atoms with Crippen LogP contribution in [-0.4, -0.2) is 25.1 Å². The van der Waals surface area contributed by atoms with Gasteiger partial charge in [0, 0.05) is 12.6 Å². The lowest BCUT2D eigenvalue weighted by molar-refractivity contribution is -0.120. The maximum atomic E-state index is 11.4. The van der Waals surface area contributed by atoms with Gasteiger partial charge in [0.05, 0.1) is 6.54 Å². The molecule has 0 heterocycles. The summed E-state index contributed by atoms with van der Waals surface area (Å²) in [5.74, 6) is 0.638. The molecular formula is C14H19N3O2. The lowest BCUT2D eigenvalue weighted by atomic mass is 10.2. The third-order valence-electron chi connectivity index (χ3n) is 2.27. The Bertz CT molecular complexity index is 452. The summed E-state index contributed by atoms with van der Waals surface area (Å²) in [4.78, 5) is 11.4. The van der Waals surface area contributed by atoms with Crippen LogP contribution in [0.15, 0.2) is 24.3 Å². The summed E-state index contributed by atoms with van der Waals surface area (Å²) >= 11 is 0. The fourth-order valence-corrected chi connectivity index (χ4v) is 1.55. The average molecular weight is 261 g/mol. The van der Waals surface area contributed by atoms with Gasteiger partial charge in [-0.1, -0.05) is 12.1 Å². The first-order valence-electron chi connectivity index (χ1n) is 6.20. The van der Waals surface area contributed by atoms with Crippen molar-refractivity contribution in [3.63, 3.8) is 0 Å². The highest BCUT2D eigenvalue weighted by Crippen LogP contribution is 2.12. The highest BCUT2D eigenvalue weighted by Gasteiger charge is 2.02. The molecule has 1 rings (SSSR count). The zero-order valence-corrected chi connectivity index (χ0v) is 11.3. The largest absolute Gasteiger partial charge is 0.479 e. The standard InChI is InChI=1S/C14H19N3O2/c1-11(2)17-14(18)10-16-9-12-4-3-5-13(8-12)19-7-6-15/h3-5,8,11,16H,7,9-10H2,1-2H3,(H,17,18). The molecule has 0 aliphatic heterocycles. The van der Waals surface area contributed by atoms with Crippen molar-refractivity contribution in [2.75, 3.05) is 13.2 Å². The highest BCUT2D eigenvalue weighted by atomic mass is 16.5. The van der Waals surface area contributed by atoms with Crippen molar-refractivity contribution in [2.24, 2.45) is 0 Å². The number of amides is 1. The van der Waals surface area contributed by atoms with E-state index in [4.69, 9.17) is 10.00 Å². The van der Waals surface area contributed by atoms with Crippen LogP contribution in [0.3, 0.4) is 0 Å². The summed E-state index contributed by atoms with van der Waals surface area (Å²) in [6.45, 7) is 4.74. The van der Waals surface area contributed by atoms with E-state index in [2.05, 4.69) is 10.6 Å². The first-order chi connectivity index (χ1) is 9.11. The zero-order valence-electron chi connectivity index (χ0n) is 11.3. The van der Waals surface area contributed by atoms with Crippen molar-refractivity contribution in [3.8, 4) is 11.8 Å². The van der Waals surface area contributed by atoms with E-state index in [1.54, 1.807) is 6.07 Å². The molecule has 5 nitrogen and oxygen atoms in total. The second-order valence-corrected chi connectivity index (χ2v) is 4.42.